The number of carbonyl (C=O) groups excluding carboxylic acids is 2. The van der Waals surface area contributed by atoms with E-state index in [-0.39, 0.29) is 47.1 Å². The summed E-state index contributed by atoms with van der Waals surface area (Å²) in [5.41, 5.74) is -0.825. The molecular weight excluding hydrogens is 886 g/mol. The zero-order valence-electron chi connectivity index (χ0n) is 32.3. The SMILES string of the molecule is CC(C)C(=O)Nc1nc2c(ncn2[C@@H]2O[C@H](CO)[C@@H](F)[C@H]2OP(O)(=S)OC[C@H]2O[C@@H](n3cnc4c(NC(=O)c5ccccc5)ncnc43)[C@@H](F)[C@@H]2O[PH](=O)OCCC#N)c(=O)[nH]1. The van der Waals surface area contributed by atoms with Crippen molar-refractivity contribution in [2.24, 2.45) is 5.92 Å². The number of anilines is 2. The van der Waals surface area contributed by atoms with Gasteiger partial charge in [0.25, 0.3) is 11.5 Å². The highest BCUT2D eigenvalue weighted by Gasteiger charge is 2.52. The van der Waals surface area contributed by atoms with E-state index in [0.29, 0.717) is 5.56 Å². The Bertz CT molecular complexity index is 2620. The van der Waals surface area contributed by atoms with Crippen molar-refractivity contribution in [3.05, 3.63) is 65.2 Å². The van der Waals surface area contributed by atoms with Crippen molar-refractivity contribution in [2.75, 3.05) is 30.5 Å². The zero-order chi connectivity index (χ0) is 44.3. The maximum atomic E-state index is 16.5. The first-order chi connectivity index (χ1) is 29.7. The van der Waals surface area contributed by atoms with Gasteiger partial charge in [0.2, 0.25) is 11.9 Å². The molecule has 23 nitrogen and oxygen atoms in total. The Hall–Kier alpha value is -5.03. The van der Waals surface area contributed by atoms with Crippen molar-refractivity contribution in [2.45, 2.75) is 69.5 Å². The summed E-state index contributed by atoms with van der Waals surface area (Å²) < 4.78 is 80.8. The molecule has 7 rings (SSSR count). The molecule has 2 aliphatic rings. The minimum absolute atomic E-state index is 0.00231. The number of halogens is 2. The molecule has 2 aliphatic heterocycles. The number of aromatic amines is 1. The maximum Gasteiger partial charge on any atom is 0.325 e. The number of alkyl halides is 2. The number of aliphatic hydroxyl groups is 1. The van der Waals surface area contributed by atoms with Crippen molar-refractivity contribution in [3.8, 4) is 6.07 Å². The van der Waals surface area contributed by atoms with Gasteiger partial charge in [-0.05, 0) is 23.9 Å². The Balaban J connectivity index is 1.12. The van der Waals surface area contributed by atoms with E-state index >= 15 is 8.78 Å². The molecule has 0 spiro atoms. The molecule has 6 heterocycles. The molecule has 62 heavy (non-hydrogen) atoms. The minimum atomic E-state index is -4.61. The number of ether oxygens (including phenoxy) is 2. The van der Waals surface area contributed by atoms with Gasteiger partial charge in [0.15, 0.2) is 52.9 Å². The van der Waals surface area contributed by atoms with Crippen LogP contribution in [0.3, 0.4) is 0 Å². The summed E-state index contributed by atoms with van der Waals surface area (Å²) >= 11 is 5.24. The van der Waals surface area contributed by atoms with Gasteiger partial charge in [0.05, 0.1) is 45.0 Å². The summed E-state index contributed by atoms with van der Waals surface area (Å²) in [5, 5.41) is 23.9. The van der Waals surface area contributed by atoms with E-state index in [9.17, 15) is 28.9 Å². The molecule has 10 atom stereocenters. The molecule has 2 saturated heterocycles. The number of benzene rings is 1. The number of aromatic nitrogens is 8. The fourth-order valence-corrected chi connectivity index (χ4v) is 8.63. The van der Waals surface area contributed by atoms with Crippen molar-refractivity contribution in [3.63, 3.8) is 0 Å². The molecule has 28 heteroatoms. The Morgan fingerprint density at radius 2 is 1.74 bits per heavy atom. The topological polar surface area (TPSA) is 302 Å². The molecule has 0 saturated carbocycles. The largest absolute Gasteiger partial charge is 0.394 e. The van der Waals surface area contributed by atoms with Crippen LogP contribution in [0.2, 0.25) is 0 Å². The second kappa shape index (κ2) is 19.2. The molecule has 330 valence electrons. The second-order valence-corrected chi connectivity index (χ2v) is 17.7. The Morgan fingerprint density at radius 3 is 2.45 bits per heavy atom. The van der Waals surface area contributed by atoms with Crippen LogP contribution in [0, 0.1) is 17.2 Å². The third kappa shape index (κ3) is 9.63. The molecule has 2 unspecified atom stereocenters. The molecule has 5 aromatic rings. The molecule has 5 N–H and O–H groups in total. The maximum absolute atomic E-state index is 16.5. The Labute approximate surface area is 353 Å². The molecule has 0 aliphatic carbocycles. The van der Waals surface area contributed by atoms with Crippen LogP contribution in [-0.4, -0.2) is 117 Å². The summed E-state index contributed by atoms with van der Waals surface area (Å²) in [7, 11) is -3.48. The van der Waals surface area contributed by atoms with Crippen LogP contribution in [0.25, 0.3) is 22.3 Å². The van der Waals surface area contributed by atoms with Gasteiger partial charge in [-0.3, -0.25) is 42.9 Å². The third-order valence-corrected chi connectivity index (χ3v) is 11.9. The van der Waals surface area contributed by atoms with Crippen molar-refractivity contribution in [1.82, 2.24) is 39.0 Å². The van der Waals surface area contributed by atoms with E-state index < -0.39 is 101 Å². The standard InChI is InChI=1S/C34H37F2N11O12P2S/c1-16(2)29(49)44-34-43-28-23(31(51)45-34)41-15-47(28)33-25(20(35)18(11-48)56-33)59-61(53,62)55-12-19-24(58-60(52)54-10-6-9-37)21(36)32(57-19)46-14-40-22-26(38-13-39-27(22)46)42-30(50)17-7-4-3-5-8-17/h3-5,7-8,13-16,18-21,24-25,32-33,48,60H,6,10-12H2,1-2H3,(H,53,62)(H,38,39,42,50)(H2,43,44,45,49,51)/t18-,19-,20-,21+,24-,25-,32-,33-,61?/m1/s1. The van der Waals surface area contributed by atoms with Crippen LogP contribution in [0.4, 0.5) is 20.5 Å². The number of aliphatic hydroxyl groups excluding tert-OH is 1. The summed E-state index contributed by atoms with van der Waals surface area (Å²) in [6, 6.07) is 10.0. The number of carbonyl (C=O) groups is 2. The average Bonchev–Trinajstić information content (AvgIpc) is 4.02. The van der Waals surface area contributed by atoms with Gasteiger partial charge in [-0.2, -0.15) is 10.2 Å². The minimum Gasteiger partial charge on any atom is -0.394 e. The van der Waals surface area contributed by atoms with Crippen LogP contribution in [-0.2, 0) is 48.7 Å². The summed E-state index contributed by atoms with van der Waals surface area (Å²) in [6.07, 6.45) is -11.0. The predicted octanol–water partition coefficient (Wildman–Crippen LogP) is 2.59. The van der Waals surface area contributed by atoms with Crippen LogP contribution in [0.5, 0.6) is 0 Å². The molecule has 0 radical (unpaired) electrons. The van der Waals surface area contributed by atoms with Crippen LogP contribution < -0.4 is 16.2 Å². The van der Waals surface area contributed by atoms with Gasteiger partial charge in [-0.15, -0.1) is 0 Å². The summed E-state index contributed by atoms with van der Waals surface area (Å²) in [4.78, 5) is 72.5. The second-order valence-electron chi connectivity index (χ2n) is 13.9. The van der Waals surface area contributed by atoms with E-state index in [1.54, 1.807) is 50.2 Å². The van der Waals surface area contributed by atoms with E-state index in [4.69, 9.17) is 44.6 Å². The first-order valence-electron chi connectivity index (χ1n) is 18.6. The Morgan fingerprint density at radius 1 is 1.03 bits per heavy atom. The van der Waals surface area contributed by atoms with Crippen molar-refractivity contribution in [1.29, 1.82) is 5.26 Å². The zero-order valence-corrected chi connectivity index (χ0v) is 35.0. The molecule has 1 aromatic carbocycles. The van der Waals surface area contributed by atoms with Crippen LogP contribution in [0.15, 0.2) is 54.1 Å². The first-order valence-corrected chi connectivity index (χ1v) is 22.4. The van der Waals surface area contributed by atoms with Gasteiger partial charge in [-0.1, -0.05) is 32.0 Å². The molecule has 0 bridgehead atoms. The quantitative estimate of drug-likeness (QED) is 0.0661. The van der Waals surface area contributed by atoms with Crippen LogP contribution >= 0.6 is 15.0 Å². The lowest BCUT2D eigenvalue weighted by molar-refractivity contribution is -0.118. The fourth-order valence-electron chi connectivity index (χ4n) is 6.38. The lowest BCUT2D eigenvalue weighted by Gasteiger charge is -2.27. The number of fused-ring (bicyclic) bond motifs is 2. The van der Waals surface area contributed by atoms with Gasteiger partial charge in [0.1, 0.15) is 30.7 Å². The fraction of sp³-hybridized carbons (Fsp3) is 0.441. The van der Waals surface area contributed by atoms with Gasteiger partial charge >= 0.3 is 15.0 Å². The predicted molar refractivity (Wildman–Crippen MR) is 213 cm³/mol. The number of amides is 2. The number of nitriles is 1. The van der Waals surface area contributed by atoms with Crippen LogP contribution in [0.1, 0.15) is 43.1 Å². The highest BCUT2D eigenvalue weighted by atomic mass is 32.5. The monoisotopic (exact) mass is 923 g/mol. The number of imidazole rings is 2. The number of hydrogen-bond acceptors (Lipinski definition) is 18. The molecular formula is C34H37F2N11O12P2S. The normalized spacial score (nSPS) is 25.2. The summed E-state index contributed by atoms with van der Waals surface area (Å²) in [6.45, 7) is -3.36. The van der Waals surface area contributed by atoms with Gasteiger partial charge < -0.3 is 38.4 Å². The number of nitrogens with zero attached hydrogens (tertiary/aromatic N) is 8. The van der Waals surface area contributed by atoms with E-state index in [0.717, 1.165) is 28.1 Å². The third-order valence-electron chi connectivity index (χ3n) is 9.41. The molecule has 2 fully saturated rings. The molecule has 2 amide bonds. The highest BCUT2D eigenvalue weighted by Crippen LogP contribution is 2.51. The van der Waals surface area contributed by atoms with Crippen molar-refractivity contribution < 1.29 is 60.5 Å². The van der Waals surface area contributed by atoms with Gasteiger partial charge in [-0.25, -0.2) is 28.7 Å². The Kier molecular flexibility index (Phi) is 13.9. The summed E-state index contributed by atoms with van der Waals surface area (Å²) in [5.74, 6) is -1.74. The number of hydrogen-bond donors (Lipinski definition) is 5. The molecule has 4 aromatic heterocycles. The highest BCUT2D eigenvalue weighted by molar-refractivity contribution is 8.07. The first kappa shape index (κ1) is 45.0. The lowest BCUT2D eigenvalue weighted by Crippen LogP contribution is -2.34. The van der Waals surface area contributed by atoms with Gasteiger partial charge in [0, 0.05) is 11.5 Å². The lowest BCUT2D eigenvalue weighted by atomic mass is 10.1. The smallest absolute Gasteiger partial charge is 0.325 e. The van der Waals surface area contributed by atoms with E-state index in [1.807, 2.05) is 0 Å². The average molecular weight is 924 g/mol. The van der Waals surface area contributed by atoms with E-state index in [2.05, 4.69) is 40.5 Å². The van der Waals surface area contributed by atoms with Crippen molar-refractivity contribution >= 4 is 72.7 Å². The van der Waals surface area contributed by atoms with E-state index in [1.165, 1.54) is 0 Å². The number of H-pyrrole nitrogens is 1. The number of rotatable bonds is 17. The number of nitrogens with one attached hydrogen (secondary N) is 3.